The van der Waals surface area contributed by atoms with Gasteiger partial charge >= 0.3 is 24.7 Å². The molecular weight excluding hydrogens is 1100 g/mol. The minimum absolute atomic E-state index is 0.0420. The Morgan fingerprint density at radius 1 is 0.274 bits per heavy atom. The number of hydrogen-bond acceptors (Lipinski definition) is 2. The van der Waals surface area contributed by atoms with E-state index >= 15 is 0 Å². The van der Waals surface area contributed by atoms with Gasteiger partial charge < -0.3 is 9.13 Å². The number of alkyl halides is 12. The highest BCUT2D eigenvalue weighted by molar-refractivity contribution is 6.12. The van der Waals surface area contributed by atoms with E-state index in [1.807, 2.05) is 155 Å². The van der Waals surface area contributed by atoms with Crippen LogP contribution >= 0.6 is 0 Å². The van der Waals surface area contributed by atoms with Gasteiger partial charge in [-0.3, -0.25) is 0 Å². The molecule has 4 nitrogen and oxygen atoms in total. The van der Waals surface area contributed by atoms with E-state index in [-0.39, 0.29) is 23.3 Å². The SMILES string of the molecule is FC(F)(F)c1ccc(-c2ccc3c(c2)c2ccccc2n3-c2cccc(-c3cc(-c4cc(-c5ccccc5)nc(-c5ccccc5)n4)ccc3-n3c4ccccc4c4cc(-c5ccc(C(F)(F)F)cc5C(F)(F)F)ccc43)c2)c(C(F)(F)F)c1. The van der Waals surface area contributed by atoms with Crippen LogP contribution in [0.25, 0.3) is 122 Å². The van der Waals surface area contributed by atoms with Gasteiger partial charge in [0.1, 0.15) is 0 Å². The summed E-state index contributed by atoms with van der Waals surface area (Å²) in [5.41, 5.74) is 2.00. The second kappa shape index (κ2) is 19.9. The molecule has 0 bridgehead atoms. The average molecular weight is 1140 g/mol. The molecule has 0 fully saturated rings. The first-order valence-corrected chi connectivity index (χ1v) is 26.1. The summed E-state index contributed by atoms with van der Waals surface area (Å²) in [6.45, 7) is 0. The zero-order chi connectivity index (χ0) is 58.5. The van der Waals surface area contributed by atoms with Crippen LogP contribution in [0.1, 0.15) is 22.3 Å². The van der Waals surface area contributed by atoms with Crippen molar-refractivity contribution in [2.24, 2.45) is 0 Å². The maximum Gasteiger partial charge on any atom is 0.417 e. The molecule has 0 amide bonds. The van der Waals surface area contributed by atoms with Crippen molar-refractivity contribution in [2.75, 3.05) is 0 Å². The van der Waals surface area contributed by atoms with Crippen LogP contribution in [0, 0.1) is 0 Å². The molecule has 84 heavy (non-hydrogen) atoms. The molecule has 3 heterocycles. The van der Waals surface area contributed by atoms with Gasteiger partial charge in [0, 0.05) is 49.5 Å². The monoisotopic (exact) mass is 1140 g/mol. The number of fused-ring (bicyclic) bond motifs is 6. The normalized spacial score (nSPS) is 12.5. The molecule has 0 aliphatic heterocycles. The molecule has 0 aliphatic rings. The summed E-state index contributed by atoms with van der Waals surface area (Å²) >= 11 is 0. The van der Waals surface area contributed by atoms with Gasteiger partial charge in [0.15, 0.2) is 5.82 Å². The number of benzene rings is 10. The zero-order valence-electron chi connectivity index (χ0n) is 43.3. The third kappa shape index (κ3) is 9.56. The van der Waals surface area contributed by atoms with Crippen molar-refractivity contribution in [1.82, 2.24) is 19.1 Å². The maximum absolute atomic E-state index is 14.7. The van der Waals surface area contributed by atoms with E-state index in [0.717, 1.165) is 23.3 Å². The third-order valence-corrected chi connectivity index (χ3v) is 15.0. The molecule has 16 heteroatoms. The lowest BCUT2D eigenvalue weighted by molar-refractivity contribution is -0.144. The van der Waals surface area contributed by atoms with Crippen LogP contribution < -0.4 is 0 Å². The van der Waals surface area contributed by atoms with Crippen LogP contribution in [0.15, 0.2) is 231 Å². The largest absolute Gasteiger partial charge is 0.417 e. The number of rotatable bonds is 8. The molecule has 13 rings (SSSR count). The van der Waals surface area contributed by atoms with E-state index in [9.17, 15) is 52.7 Å². The molecule has 0 aliphatic carbocycles. The Morgan fingerprint density at radius 3 is 1.25 bits per heavy atom. The van der Waals surface area contributed by atoms with Crippen LogP contribution in [-0.4, -0.2) is 19.1 Å². The van der Waals surface area contributed by atoms with Crippen molar-refractivity contribution < 1.29 is 52.7 Å². The molecule has 13 aromatic rings. The maximum atomic E-state index is 14.7. The second-order valence-corrected chi connectivity index (χ2v) is 20.2. The standard InChI is InChI=1S/C68H38F12N4/c69-65(70,71)45-25-27-48(55(36-45)67(75,76)77)42-22-29-62-53(33-42)50-18-7-9-20-59(50)83(62)47-17-11-16-41(32-47)52-35-44(58-38-57(39-12-3-1-4-13-39)81-64(82-58)40-14-5-2-6-15-40)24-31-61(52)84-60-21-10-8-19-51(60)54-34-43(23-30-63(54)84)49-28-26-46(66(72,73)74)37-56(49)68(78,79)80/h1-38H. The molecule has 0 saturated heterocycles. The Kier molecular flexibility index (Phi) is 12.6. The Morgan fingerprint density at radius 2 is 0.714 bits per heavy atom. The van der Waals surface area contributed by atoms with E-state index in [1.165, 1.54) is 12.1 Å². The lowest BCUT2D eigenvalue weighted by Gasteiger charge is -2.18. The highest BCUT2D eigenvalue weighted by atomic mass is 19.4. The molecule has 0 saturated carbocycles. The van der Waals surface area contributed by atoms with Crippen LogP contribution in [-0.2, 0) is 24.7 Å². The average Bonchev–Trinajstić information content (AvgIpc) is 2.58. The molecule has 0 atom stereocenters. The summed E-state index contributed by atoms with van der Waals surface area (Å²) in [5, 5.41) is 2.33. The summed E-state index contributed by atoms with van der Waals surface area (Å²) in [6, 6.07) is 61.4. The summed E-state index contributed by atoms with van der Waals surface area (Å²) in [5.74, 6) is 0.460. The predicted molar refractivity (Wildman–Crippen MR) is 303 cm³/mol. The molecule has 414 valence electrons. The van der Waals surface area contributed by atoms with E-state index < -0.39 is 58.1 Å². The highest BCUT2D eigenvalue weighted by Crippen LogP contribution is 2.47. The Bertz CT molecular complexity index is 4670. The van der Waals surface area contributed by atoms with Crippen LogP contribution in [0.4, 0.5) is 52.7 Å². The van der Waals surface area contributed by atoms with Crippen molar-refractivity contribution in [1.29, 1.82) is 0 Å². The quantitative estimate of drug-likeness (QED) is 0.142. The molecule has 10 aromatic carbocycles. The van der Waals surface area contributed by atoms with Gasteiger partial charge in [0.25, 0.3) is 0 Å². The first kappa shape index (κ1) is 53.4. The molecule has 3 aromatic heterocycles. The van der Waals surface area contributed by atoms with Gasteiger partial charge in [-0.25, -0.2) is 9.97 Å². The van der Waals surface area contributed by atoms with Gasteiger partial charge in [-0.15, -0.1) is 0 Å². The smallest absolute Gasteiger partial charge is 0.309 e. The summed E-state index contributed by atoms with van der Waals surface area (Å²) in [4.78, 5) is 10.1. The fourth-order valence-corrected chi connectivity index (χ4v) is 11.2. The summed E-state index contributed by atoms with van der Waals surface area (Å²) in [7, 11) is 0. The lowest BCUT2D eigenvalue weighted by Crippen LogP contribution is -2.12. The number of para-hydroxylation sites is 2. The molecule has 0 N–H and O–H groups in total. The molecule has 0 spiro atoms. The van der Waals surface area contributed by atoms with Gasteiger partial charge in [-0.1, -0.05) is 140 Å². The van der Waals surface area contributed by atoms with E-state index in [4.69, 9.17) is 9.97 Å². The number of halogens is 12. The van der Waals surface area contributed by atoms with Crippen LogP contribution in [0.5, 0.6) is 0 Å². The number of hydrogen-bond donors (Lipinski definition) is 0. The Labute approximate surface area is 469 Å². The third-order valence-electron chi connectivity index (χ3n) is 15.0. The minimum Gasteiger partial charge on any atom is -0.309 e. The van der Waals surface area contributed by atoms with Crippen molar-refractivity contribution in [3.63, 3.8) is 0 Å². The van der Waals surface area contributed by atoms with Crippen molar-refractivity contribution in [3.8, 4) is 78.7 Å². The topological polar surface area (TPSA) is 35.6 Å². The number of aromatic nitrogens is 4. The van der Waals surface area contributed by atoms with E-state index in [2.05, 4.69) is 0 Å². The molecule has 0 radical (unpaired) electrons. The minimum atomic E-state index is -5.13. The Balaban J connectivity index is 1.03. The van der Waals surface area contributed by atoms with E-state index in [1.54, 1.807) is 36.4 Å². The highest BCUT2D eigenvalue weighted by Gasteiger charge is 2.40. The van der Waals surface area contributed by atoms with Gasteiger partial charge in [0.05, 0.1) is 61.4 Å². The van der Waals surface area contributed by atoms with Crippen LogP contribution in [0.2, 0.25) is 0 Å². The lowest BCUT2D eigenvalue weighted by atomic mass is 9.95. The summed E-state index contributed by atoms with van der Waals surface area (Å²) in [6.07, 6.45) is -20.3. The van der Waals surface area contributed by atoms with Gasteiger partial charge in [-0.2, -0.15) is 52.7 Å². The zero-order valence-corrected chi connectivity index (χ0v) is 43.3. The van der Waals surface area contributed by atoms with Crippen LogP contribution in [0.3, 0.4) is 0 Å². The van der Waals surface area contributed by atoms with Crippen molar-refractivity contribution >= 4 is 43.6 Å². The molecule has 0 unspecified atom stereocenters. The van der Waals surface area contributed by atoms with Gasteiger partial charge in [0.2, 0.25) is 0 Å². The fourth-order valence-electron chi connectivity index (χ4n) is 11.2. The Hall–Kier alpha value is -9.96. The van der Waals surface area contributed by atoms with Crippen molar-refractivity contribution in [2.45, 2.75) is 24.7 Å². The molecular formula is C68H38F12N4. The van der Waals surface area contributed by atoms with Gasteiger partial charge in [-0.05, 0) is 119 Å². The van der Waals surface area contributed by atoms with E-state index in [0.29, 0.717) is 101 Å². The first-order chi connectivity index (χ1) is 40.2. The summed E-state index contributed by atoms with van der Waals surface area (Å²) < 4.78 is 174. The fraction of sp³-hybridized carbons (Fsp3) is 0.0588. The second-order valence-electron chi connectivity index (χ2n) is 20.2. The van der Waals surface area contributed by atoms with Crippen molar-refractivity contribution in [3.05, 3.63) is 253 Å². The number of nitrogens with zero attached hydrogens (tertiary/aromatic N) is 4. The predicted octanol–water partition coefficient (Wildman–Crippen LogP) is 20.7. The first-order valence-electron chi connectivity index (χ1n) is 26.1.